The zero-order valence-corrected chi connectivity index (χ0v) is 18.0. The molecule has 1 aliphatic carbocycles. The Kier molecular flexibility index (Phi) is 9.57. The van der Waals surface area contributed by atoms with Gasteiger partial charge in [-0.25, -0.2) is 0 Å². The summed E-state index contributed by atoms with van der Waals surface area (Å²) < 4.78 is 21.5. The molecule has 1 saturated carbocycles. The Morgan fingerprint density at radius 2 is 1.12 bits per heavy atom. The molecule has 11 N–H and O–H groups in total. The SMILES string of the molecule is OCC1C[C@@H](O[C@H]2C(O)C(O)[C@H](O[C@@H]3C(CO)O[C@@H](O)C(O)[C@H]3O)O[C@H]2CO)C(O)[C@@H](O)[C@@H]1O. The van der Waals surface area contributed by atoms with Crippen LogP contribution in [-0.2, 0) is 18.9 Å². The fourth-order valence-electron chi connectivity index (χ4n) is 4.52. The highest BCUT2D eigenvalue weighted by molar-refractivity contribution is 4.98. The average Bonchev–Trinajstić information content (AvgIpc) is 2.83. The van der Waals surface area contributed by atoms with Gasteiger partial charge in [-0.3, -0.25) is 0 Å². The van der Waals surface area contributed by atoms with Gasteiger partial charge in [-0.1, -0.05) is 0 Å². The molecule has 0 aromatic carbocycles. The maximum atomic E-state index is 10.7. The minimum Gasteiger partial charge on any atom is -0.396 e. The molecule has 3 aliphatic rings. The van der Waals surface area contributed by atoms with E-state index in [-0.39, 0.29) is 6.42 Å². The summed E-state index contributed by atoms with van der Waals surface area (Å²) in [6.45, 7) is -2.03. The lowest BCUT2D eigenvalue weighted by Gasteiger charge is -2.48. The fraction of sp³-hybridized carbons (Fsp3) is 1.00. The number of aliphatic hydroxyl groups excluding tert-OH is 11. The van der Waals surface area contributed by atoms with Gasteiger partial charge in [0.15, 0.2) is 12.6 Å². The molecule has 0 aromatic rings. The molecule has 200 valence electrons. The van der Waals surface area contributed by atoms with E-state index < -0.39 is 112 Å². The van der Waals surface area contributed by atoms with Crippen LogP contribution in [0.1, 0.15) is 6.42 Å². The van der Waals surface area contributed by atoms with E-state index in [9.17, 15) is 56.2 Å². The molecule has 34 heavy (non-hydrogen) atoms. The second kappa shape index (κ2) is 11.6. The molecular formula is C19H34O15. The summed E-state index contributed by atoms with van der Waals surface area (Å²) in [7, 11) is 0. The van der Waals surface area contributed by atoms with Crippen molar-refractivity contribution in [2.75, 3.05) is 19.8 Å². The molecule has 15 nitrogen and oxygen atoms in total. The summed E-state index contributed by atoms with van der Waals surface area (Å²) in [6.07, 6.45) is -22.4. The van der Waals surface area contributed by atoms with Gasteiger partial charge < -0.3 is 75.1 Å². The Bertz CT molecular complexity index is 635. The first-order valence-electron chi connectivity index (χ1n) is 10.9. The molecule has 6 unspecified atom stereocenters. The first kappa shape index (κ1) is 28.0. The highest BCUT2D eigenvalue weighted by Crippen LogP contribution is 2.33. The normalized spacial score (nSPS) is 52.5. The molecular weight excluding hydrogens is 468 g/mol. The largest absolute Gasteiger partial charge is 0.396 e. The lowest BCUT2D eigenvalue weighted by atomic mass is 9.81. The number of rotatable bonds is 7. The molecule has 0 spiro atoms. The predicted octanol–water partition coefficient (Wildman–Crippen LogP) is -6.91. The van der Waals surface area contributed by atoms with E-state index in [4.69, 9.17) is 18.9 Å². The first-order chi connectivity index (χ1) is 16.0. The van der Waals surface area contributed by atoms with Crippen LogP contribution in [0.2, 0.25) is 0 Å². The van der Waals surface area contributed by atoms with Gasteiger partial charge in [0.2, 0.25) is 0 Å². The first-order valence-corrected chi connectivity index (χ1v) is 10.9. The van der Waals surface area contributed by atoms with Crippen LogP contribution in [0.3, 0.4) is 0 Å². The Morgan fingerprint density at radius 3 is 1.71 bits per heavy atom. The highest BCUT2D eigenvalue weighted by atomic mass is 16.7. The Labute approximate surface area is 193 Å². The van der Waals surface area contributed by atoms with Crippen molar-refractivity contribution in [3.8, 4) is 0 Å². The molecule has 15 atom stereocenters. The van der Waals surface area contributed by atoms with Gasteiger partial charge in [0, 0.05) is 12.5 Å². The van der Waals surface area contributed by atoms with Crippen LogP contribution >= 0.6 is 0 Å². The topological polar surface area (TPSA) is 259 Å². The average molecular weight is 502 g/mol. The van der Waals surface area contributed by atoms with Gasteiger partial charge in [-0.05, 0) is 6.42 Å². The summed E-state index contributed by atoms with van der Waals surface area (Å²) in [6, 6.07) is 0. The van der Waals surface area contributed by atoms with E-state index >= 15 is 0 Å². The smallest absolute Gasteiger partial charge is 0.187 e. The van der Waals surface area contributed by atoms with Crippen molar-refractivity contribution in [3.63, 3.8) is 0 Å². The fourth-order valence-corrected chi connectivity index (χ4v) is 4.52. The van der Waals surface area contributed by atoms with Gasteiger partial charge in [0.25, 0.3) is 0 Å². The third kappa shape index (κ3) is 5.39. The van der Waals surface area contributed by atoms with Gasteiger partial charge in [0.05, 0.1) is 25.4 Å². The van der Waals surface area contributed by atoms with E-state index in [1.54, 1.807) is 0 Å². The highest BCUT2D eigenvalue weighted by Gasteiger charge is 2.52. The third-order valence-corrected chi connectivity index (χ3v) is 6.62. The quantitative estimate of drug-likeness (QED) is 0.154. The molecule has 3 rings (SSSR count). The molecule has 0 aromatic heterocycles. The molecule has 15 heteroatoms. The van der Waals surface area contributed by atoms with Crippen molar-refractivity contribution in [1.29, 1.82) is 0 Å². The van der Waals surface area contributed by atoms with E-state index in [0.717, 1.165) is 0 Å². The Hall–Kier alpha value is -0.600. The summed E-state index contributed by atoms with van der Waals surface area (Å²) in [5.74, 6) is -0.844. The van der Waals surface area contributed by atoms with Crippen molar-refractivity contribution < 1.29 is 75.1 Å². The minimum absolute atomic E-state index is 0.114. The summed E-state index contributed by atoms with van der Waals surface area (Å²) in [5, 5.41) is 110. The second-order valence-corrected chi connectivity index (χ2v) is 8.83. The van der Waals surface area contributed by atoms with Gasteiger partial charge in [-0.15, -0.1) is 0 Å². The number of aliphatic hydroxyl groups is 11. The number of hydrogen-bond donors (Lipinski definition) is 11. The van der Waals surface area contributed by atoms with Crippen molar-refractivity contribution >= 4 is 0 Å². The molecule has 0 bridgehead atoms. The van der Waals surface area contributed by atoms with Gasteiger partial charge in [-0.2, -0.15) is 0 Å². The summed E-state index contributed by atoms with van der Waals surface area (Å²) in [4.78, 5) is 0. The van der Waals surface area contributed by atoms with E-state index in [1.807, 2.05) is 0 Å². The second-order valence-electron chi connectivity index (χ2n) is 8.83. The number of ether oxygens (including phenoxy) is 4. The zero-order valence-electron chi connectivity index (χ0n) is 18.0. The lowest BCUT2D eigenvalue weighted by Crippen LogP contribution is -2.66. The van der Waals surface area contributed by atoms with E-state index in [1.165, 1.54) is 0 Å². The van der Waals surface area contributed by atoms with Crippen LogP contribution in [0.25, 0.3) is 0 Å². The van der Waals surface area contributed by atoms with Gasteiger partial charge in [0.1, 0.15) is 61.0 Å². The molecule has 3 fully saturated rings. The van der Waals surface area contributed by atoms with Crippen molar-refractivity contribution in [2.45, 2.75) is 92.2 Å². The predicted molar refractivity (Wildman–Crippen MR) is 104 cm³/mol. The third-order valence-electron chi connectivity index (χ3n) is 6.62. The maximum Gasteiger partial charge on any atom is 0.187 e. The molecule has 2 saturated heterocycles. The van der Waals surface area contributed by atoms with Crippen molar-refractivity contribution in [2.24, 2.45) is 5.92 Å². The maximum absolute atomic E-state index is 10.7. The van der Waals surface area contributed by atoms with Crippen LogP contribution in [0.4, 0.5) is 0 Å². The minimum atomic E-state index is -1.85. The molecule has 0 radical (unpaired) electrons. The van der Waals surface area contributed by atoms with Crippen LogP contribution in [0, 0.1) is 5.92 Å². The molecule has 0 amide bonds. The van der Waals surface area contributed by atoms with Crippen LogP contribution < -0.4 is 0 Å². The Morgan fingerprint density at radius 1 is 0.559 bits per heavy atom. The van der Waals surface area contributed by atoms with Crippen molar-refractivity contribution in [3.05, 3.63) is 0 Å². The van der Waals surface area contributed by atoms with Gasteiger partial charge >= 0.3 is 0 Å². The summed E-state index contributed by atoms with van der Waals surface area (Å²) in [5.41, 5.74) is 0. The summed E-state index contributed by atoms with van der Waals surface area (Å²) >= 11 is 0. The molecule has 2 heterocycles. The zero-order chi connectivity index (χ0) is 25.3. The van der Waals surface area contributed by atoms with E-state index in [2.05, 4.69) is 0 Å². The molecule has 2 aliphatic heterocycles. The van der Waals surface area contributed by atoms with E-state index in [0.29, 0.717) is 0 Å². The number of hydrogen-bond acceptors (Lipinski definition) is 15. The van der Waals surface area contributed by atoms with Crippen molar-refractivity contribution in [1.82, 2.24) is 0 Å². The van der Waals surface area contributed by atoms with Crippen LogP contribution in [0.5, 0.6) is 0 Å². The Balaban J connectivity index is 1.72. The standard InChI is InChI=1S/C19H34O15/c20-2-5-1-6(10(24)11(25)9(5)23)31-16-8(4-22)33-19(15(29)13(16)27)34-17-7(3-21)32-18(30)14(28)12(17)26/h5-30H,1-4H2/t5?,6-,7?,8+,9-,10?,11+,12-,13?,14?,15?,16-,17-,18-,19+/m1/s1. The lowest BCUT2D eigenvalue weighted by molar-refractivity contribution is -0.361. The van der Waals surface area contributed by atoms with Crippen LogP contribution in [-0.4, -0.2) is 162 Å². The van der Waals surface area contributed by atoms with Crippen LogP contribution in [0.15, 0.2) is 0 Å². The monoisotopic (exact) mass is 502 g/mol.